The zero-order chi connectivity index (χ0) is 12.5. The van der Waals surface area contributed by atoms with Crippen molar-refractivity contribution < 1.29 is 4.79 Å². The molecule has 1 aliphatic rings. The molecule has 1 aromatic rings. The zero-order valence-corrected chi connectivity index (χ0v) is 11.1. The fourth-order valence-electron chi connectivity index (χ4n) is 1.83. The van der Waals surface area contributed by atoms with Gasteiger partial charge in [0, 0.05) is 17.2 Å². The van der Waals surface area contributed by atoms with Crippen LogP contribution in [0.4, 0.5) is 5.69 Å². The van der Waals surface area contributed by atoms with E-state index in [1.54, 1.807) is 6.07 Å². The van der Waals surface area contributed by atoms with Gasteiger partial charge in [0.1, 0.15) is 5.69 Å². The van der Waals surface area contributed by atoms with Gasteiger partial charge >= 0.3 is 0 Å². The Labute approximate surface area is 107 Å². The van der Waals surface area contributed by atoms with Gasteiger partial charge in [-0.1, -0.05) is 0 Å². The summed E-state index contributed by atoms with van der Waals surface area (Å²) in [5.74, 6) is -0.119. The van der Waals surface area contributed by atoms with Gasteiger partial charge in [0.2, 0.25) is 5.91 Å². The van der Waals surface area contributed by atoms with Gasteiger partial charge in [-0.2, -0.15) is 0 Å². The number of nitrogens with one attached hydrogen (secondary N) is 3. The second-order valence-electron chi connectivity index (χ2n) is 4.50. The smallest absolute Gasteiger partial charge is 0.271 e. The zero-order valence-electron chi connectivity index (χ0n) is 9.47. The number of H-pyrrole nitrogens is 1. The van der Waals surface area contributed by atoms with Crippen LogP contribution in [-0.2, 0) is 4.79 Å². The van der Waals surface area contributed by atoms with Gasteiger partial charge in [-0.25, -0.2) is 0 Å². The van der Waals surface area contributed by atoms with Crippen molar-refractivity contribution in [2.24, 2.45) is 5.41 Å². The SMILES string of the molecule is CC1(C(=O)Nc2cc(Br)c[nH]c2=O)CCNC1. The number of hydrogen-bond acceptors (Lipinski definition) is 3. The summed E-state index contributed by atoms with van der Waals surface area (Å²) in [6.45, 7) is 3.37. The number of carbonyl (C=O) groups is 1. The third-order valence-corrected chi connectivity index (χ3v) is 3.49. The van der Waals surface area contributed by atoms with E-state index in [1.165, 1.54) is 6.20 Å². The lowest BCUT2D eigenvalue weighted by atomic mass is 9.89. The Morgan fingerprint density at radius 3 is 3.00 bits per heavy atom. The van der Waals surface area contributed by atoms with Crippen LogP contribution in [0.1, 0.15) is 13.3 Å². The van der Waals surface area contributed by atoms with E-state index in [9.17, 15) is 9.59 Å². The Bertz CT molecular complexity index is 492. The molecule has 2 heterocycles. The van der Waals surface area contributed by atoms with Crippen LogP contribution in [0.3, 0.4) is 0 Å². The molecular formula is C11H14BrN3O2. The van der Waals surface area contributed by atoms with Crippen LogP contribution >= 0.6 is 15.9 Å². The van der Waals surface area contributed by atoms with Crippen molar-refractivity contribution in [1.29, 1.82) is 0 Å². The first-order valence-electron chi connectivity index (χ1n) is 5.42. The quantitative estimate of drug-likeness (QED) is 0.765. The molecule has 6 heteroatoms. The van der Waals surface area contributed by atoms with Crippen molar-refractivity contribution in [2.75, 3.05) is 18.4 Å². The Morgan fingerprint density at radius 1 is 1.59 bits per heavy atom. The Morgan fingerprint density at radius 2 is 2.35 bits per heavy atom. The number of carbonyl (C=O) groups excluding carboxylic acids is 1. The van der Waals surface area contributed by atoms with Crippen molar-refractivity contribution in [2.45, 2.75) is 13.3 Å². The molecule has 1 fully saturated rings. The summed E-state index contributed by atoms with van der Waals surface area (Å²) >= 11 is 3.25. The maximum atomic E-state index is 12.1. The van der Waals surface area contributed by atoms with Gasteiger partial charge in [0.25, 0.3) is 5.56 Å². The predicted molar refractivity (Wildman–Crippen MR) is 69.0 cm³/mol. The summed E-state index contributed by atoms with van der Waals surface area (Å²) in [6, 6.07) is 1.60. The van der Waals surface area contributed by atoms with Crippen LogP contribution in [0.5, 0.6) is 0 Å². The molecule has 92 valence electrons. The van der Waals surface area contributed by atoms with Gasteiger partial charge in [-0.3, -0.25) is 9.59 Å². The summed E-state index contributed by atoms with van der Waals surface area (Å²) in [7, 11) is 0. The van der Waals surface area contributed by atoms with E-state index in [2.05, 4.69) is 31.5 Å². The lowest BCUT2D eigenvalue weighted by Crippen LogP contribution is -2.36. The van der Waals surface area contributed by atoms with Gasteiger partial charge in [-0.05, 0) is 41.9 Å². The number of anilines is 1. The van der Waals surface area contributed by atoms with Crippen LogP contribution in [0, 0.1) is 5.41 Å². The maximum Gasteiger partial charge on any atom is 0.271 e. The molecule has 1 aromatic heterocycles. The molecule has 1 atom stereocenters. The maximum absolute atomic E-state index is 12.1. The van der Waals surface area contributed by atoms with Crippen LogP contribution in [0.15, 0.2) is 21.5 Å². The second-order valence-corrected chi connectivity index (χ2v) is 5.42. The molecule has 1 unspecified atom stereocenters. The minimum atomic E-state index is -0.436. The second kappa shape index (κ2) is 4.62. The topological polar surface area (TPSA) is 74.0 Å². The standard InChI is InChI=1S/C11H14BrN3O2/c1-11(2-3-13-6-11)10(17)15-8-4-7(12)5-14-9(8)16/h4-5,13H,2-3,6H2,1H3,(H,14,16)(H,15,17). The normalized spacial score (nSPS) is 23.6. The van der Waals surface area contributed by atoms with E-state index in [1.807, 2.05) is 6.92 Å². The average Bonchev–Trinajstić information content (AvgIpc) is 2.72. The minimum Gasteiger partial charge on any atom is -0.326 e. The van der Waals surface area contributed by atoms with Gasteiger partial charge < -0.3 is 15.6 Å². The Hall–Kier alpha value is -1.14. The molecule has 0 spiro atoms. The van der Waals surface area contributed by atoms with Gasteiger partial charge in [-0.15, -0.1) is 0 Å². The molecule has 1 amide bonds. The van der Waals surface area contributed by atoms with E-state index in [0.717, 1.165) is 17.4 Å². The summed E-state index contributed by atoms with van der Waals surface area (Å²) < 4.78 is 0.724. The van der Waals surface area contributed by atoms with E-state index < -0.39 is 5.41 Å². The van der Waals surface area contributed by atoms with Gasteiger partial charge in [0.15, 0.2) is 0 Å². The third-order valence-electron chi connectivity index (χ3n) is 3.03. The van der Waals surface area contributed by atoms with Crippen molar-refractivity contribution in [3.8, 4) is 0 Å². The third kappa shape index (κ3) is 2.58. The molecule has 0 radical (unpaired) electrons. The number of pyridine rings is 1. The number of aromatic nitrogens is 1. The molecule has 0 aliphatic carbocycles. The first-order chi connectivity index (χ1) is 8.01. The highest BCUT2D eigenvalue weighted by atomic mass is 79.9. The first kappa shape index (κ1) is 12.3. The molecule has 17 heavy (non-hydrogen) atoms. The minimum absolute atomic E-state index is 0.119. The van der Waals surface area contributed by atoms with E-state index in [0.29, 0.717) is 6.54 Å². The Balaban J connectivity index is 2.18. The highest BCUT2D eigenvalue weighted by Crippen LogP contribution is 2.26. The predicted octanol–water partition coefficient (Wildman–Crippen LogP) is 1.08. The van der Waals surface area contributed by atoms with Crippen molar-refractivity contribution >= 4 is 27.5 Å². The lowest BCUT2D eigenvalue weighted by molar-refractivity contribution is -0.123. The fourth-order valence-corrected chi connectivity index (χ4v) is 2.18. The summed E-state index contributed by atoms with van der Waals surface area (Å²) in [6.07, 6.45) is 2.32. The number of hydrogen-bond donors (Lipinski definition) is 3. The molecule has 0 bridgehead atoms. The lowest BCUT2D eigenvalue weighted by Gasteiger charge is -2.21. The van der Waals surface area contributed by atoms with Crippen LogP contribution in [0.25, 0.3) is 0 Å². The fraction of sp³-hybridized carbons (Fsp3) is 0.455. The average molecular weight is 300 g/mol. The molecule has 2 rings (SSSR count). The van der Waals surface area contributed by atoms with E-state index in [-0.39, 0.29) is 17.2 Å². The molecule has 3 N–H and O–H groups in total. The molecule has 1 aliphatic heterocycles. The molecular weight excluding hydrogens is 286 g/mol. The molecule has 0 aromatic carbocycles. The van der Waals surface area contributed by atoms with E-state index in [4.69, 9.17) is 0 Å². The number of halogens is 1. The number of aromatic amines is 1. The van der Waals surface area contributed by atoms with Crippen molar-refractivity contribution in [1.82, 2.24) is 10.3 Å². The van der Waals surface area contributed by atoms with Gasteiger partial charge in [0.05, 0.1) is 5.41 Å². The van der Waals surface area contributed by atoms with Crippen LogP contribution in [-0.4, -0.2) is 24.0 Å². The molecule has 5 nitrogen and oxygen atoms in total. The highest BCUT2D eigenvalue weighted by Gasteiger charge is 2.36. The van der Waals surface area contributed by atoms with Crippen LogP contribution < -0.4 is 16.2 Å². The summed E-state index contributed by atoms with van der Waals surface area (Å²) in [4.78, 5) is 26.1. The first-order valence-corrected chi connectivity index (χ1v) is 6.21. The number of amides is 1. The highest BCUT2D eigenvalue weighted by molar-refractivity contribution is 9.10. The summed E-state index contributed by atoms with van der Waals surface area (Å²) in [5.41, 5.74) is -0.456. The van der Waals surface area contributed by atoms with Crippen molar-refractivity contribution in [3.05, 3.63) is 27.1 Å². The van der Waals surface area contributed by atoms with E-state index >= 15 is 0 Å². The van der Waals surface area contributed by atoms with Crippen molar-refractivity contribution in [3.63, 3.8) is 0 Å². The Kier molecular flexibility index (Phi) is 3.35. The monoisotopic (exact) mass is 299 g/mol. The van der Waals surface area contributed by atoms with Crippen LogP contribution in [0.2, 0.25) is 0 Å². The largest absolute Gasteiger partial charge is 0.326 e. The molecule has 0 saturated carbocycles. The number of rotatable bonds is 2. The molecule has 1 saturated heterocycles. The summed E-state index contributed by atoms with van der Waals surface area (Å²) in [5, 5.41) is 5.83.